The van der Waals surface area contributed by atoms with Gasteiger partial charge in [0, 0.05) is 5.38 Å². The Morgan fingerprint density at radius 2 is 1.92 bits per heavy atom. The molecule has 1 saturated carbocycles. The van der Waals surface area contributed by atoms with Crippen molar-refractivity contribution >= 4 is 11.6 Å². The van der Waals surface area contributed by atoms with E-state index in [4.69, 9.17) is 11.6 Å². The second-order valence-corrected chi connectivity index (χ2v) is 5.87. The van der Waals surface area contributed by atoms with Crippen molar-refractivity contribution in [3.05, 3.63) is 0 Å². The van der Waals surface area contributed by atoms with Gasteiger partial charge in [0.25, 0.3) is 0 Å². The van der Waals surface area contributed by atoms with Crippen molar-refractivity contribution in [1.82, 2.24) is 0 Å². The molecular weight excluding hydrogens is 168 g/mol. The highest BCUT2D eigenvalue weighted by Crippen LogP contribution is 2.38. The van der Waals surface area contributed by atoms with Crippen LogP contribution in [0.5, 0.6) is 0 Å². The van der Waals surface area contributed by atoms with Crippen LogP contribution < -0.4 is 0 Å². The smallest absolute Gasteiger partial charge is 0.0364 e. The third-order valence-electron chi connectivity index (χ3n) is 2.54. The molecule has 0 aliphatic heterocycles. The number of halogens is 1. The van der Waals surface area contributed by atoms with Gasteiger partial charge < -0.3 is 0 Å². The van der Waals surface area contributed by atoms with Crippen LogP contribution in [0, 0.1) is 11.3 Å². The molecule has 0 nitrogen and oxygen atoms in total. The lowest BCUT2D eigenvalue weighted by molar-refractivity contribution is 0.357. The fraction of sp³-hybridized carbons (Fsp3) is 1.00. The van der Waals surface area contributed by atoms with Crippen LogP contribution in [0.1, 0.15) is 52.9 Å². The molecule has 0 aromatic carbocycles. The molecule has 1 aliphatic rings. The Morgan fingerprint density at radius 3 is 2.33 bits per heavy atom. The quantitative estimate of drug-likeness (QED) is 0.580. The lowest BCUT2D eigenvalue weighted by Gasteiger charge is -2.18. The Balaban J connectivity index is 2.01. The molecule has 0 heterocycles. The van der Waals surface area contributed by atoms with E-state index in [0.29, 0.717) is 10.8 Å². The van der Waals surface area contributed by atoms with Crippen LogP contribution in [0.25, 0.3) is 0 Å². The zero-order chi connectivity index (χ0) is 9.19. The minimum absolute atomic E-state index is 0.479. The highest BCUT2D eigenvalue weighted by atomic mass is 35.5. The second kappa shape index (κ2) is 4.00. The molecule has 0 saturated heterocycles. The Labute approximate surface area is 81.7 Å². The summed E-state index contributed by atoms with van der Waals surface area (Å²) < 4.78 is 0. The molecule has 1 fully saturated rings. The average Bonchev–Trinajstić information content (AvgIpc) is 2.64. The first kappa shape index (κ1) is 10.4. The van der Waals surface area contributed by atoms with Crippen molar-refractivity contribution in [2.24, 2.45) is 11.3 Å². The van der Waals surface area contributed by atoms with Gasteiger partial charge in [0.2, 0.25) is 0 Å². The number of rotatable bonds is 4. The number of hydrogen-bond donors (Lipinski definition) is 0. The maximum Gasteiger partial charge on any atom is 0.0364 e. The fourth-order valence-corrected chi connectivity index (χ4v) is 1.93. The Kier molecular flexibility index (Phi) is 3.46. The van der Waals surface area contributed by atoms with Gasteiger partial charge in [-0.25, -0.2) is 0 Å². The van der Waals surface area contributed by atoms with Crippen LogP contribution in [-0.2, 0) is 0 Å². The fourth-order valence-electron chi connectivity index (χ4n) is 1.52. The van der Waals surface area contributed by atoms with Crippen LogP contribution in [0.15, 0.2) is 0 Å². The van der Waals surface area contributed by atoms with Gasteiger partial charge in [-0.1, -0.05) is 27.2 Å². The number of hydrogen-bond acceptors (Lipinski definition) is 0. The lowest BCUT2D eigenvalue weighted by Crippen LogP contribution is -2.07. The van der Waals surface area contributed by atoms with Crippen molar-refractivity contribution in [3.63, 3.8) is 0 Å². The summed E-state index contributed by atoms with van der Waals surface area (Å²) in [4.78, 5) is 0. The first-order valence-corrected chi connectivity index (χ1v) is 5.57. The Hall–Kier alpha value is 0.290. The van der Waals surface area contributed by atoms with Gasteiger partial charge >= 0.3 is 0 Å². The van der Waals surface area contributed by atoms with Crippen LogP contribution in [0.4, 0.5) is 0 Å². The van der Waals surface area contributed by atoms with Crippen LogP contribution >= 0.6 is 11.6 Å². The number of alkyl halides is 1. The monoisotopic (exact) mass is 188 g/mol. The van der Waals surface area contributed by atoms with Gasteiger partial charge in [-0.2, -0.15) is 0 Å². The summed E-state index contributed by atoms with van der Waals surface area (Å²) in [6.07, 6.45) is 6.59. The summed E-state index contributed by atoms with van der Waals surface area (Å²) in [5.74, 6) is 0.867. The molecule has 1 atom stereocenters. The average molecular weight is 189 g/mol. The summed E-state index contributed by atoms with van der Waals surface area (Å²) >= 11 is 6.21. The molecule has 0 amide bonds. The predicted molar refractivity (Wildman–Crippen MR) is 55.7 cm³/mol. The summed E-state index contributed by atoms with van der Waals surface area (Å²) in [6, 6.07) is 0. The zero-order valence-corrected chi connectivity index (χ0v) is 9.32. The van der Waals surface area contributed by atoms with E-state index < -0.39 is 0 Å². The van der Waals surface area contributed by atoms with E-state index in [0.717, 1.165) is 5.92 Å². The summed E-state index contributed by atoms with van der Waals surface area (Å²) in [7, 11) is 0. The van der Waals surface area contributed by atoms with Gasteiger partial charge in [0.05, 0.1) is 0 Å². The molecule has 12 heavy (non-hydrogen) atoms. The van der Waals surface area contributed by atoms with E-state index >= 15 is 0 Å². The van der Waals surface area contributed by atoms with E-state index in [2.05, 4.69) is 20.8 Å². The summed E-state index contributed by atoms with van der Waals surface area (Å²) in [5.41, 5.74) is 0.486. The molecule has 0 N–H and O–H groups in total. The standard InChI is InChI=1S/C11H21Cl/c1-11(2,3)8-4-5-10(12)9-6-7-9/h9-10H,4-8H2,1-3H3. The SMILES string of the molecule is CC(C)(C)CCCC(Cl)C1CC1. The predicted octanol–water partition coefficient (Wildman–Crippen LogP) is 4.22. The van der Waals surface area contributed by atoms with E-state index in [-0.39, 0.29) is 0 Å². The van der Waals surface area contributed by atoms with Crippen molar-refractivity contribution in [2.75, 3.05) is 0 Å². The zero-order valence-electron chi connectivity index (χ0n) is 8.57. The molecule has 1 rings (SSSR count). The van der Waals surface area contributed by atoms with Crippen LogP contribution in [0.2, 0.25) is 0 Å². The van der Waals surface area contributed by atoms with Crippen molar-refractivity contribution in [3.8, 4) is 0 Å². The van der Waals surface area contributed by atoms with Gasteiger partial charge in [-0.3, -0.25) is 0 Å². The maximum absolute atomic E-state index is 6.21. The largest absolute Gasteiger partial charge is 0.123 e. The van der Waals surface area contributed by atoms with Crippen LogP contribution in [-0.4, -0.2) is 5.38 Å². The van der Waals surface area contributed by atoms with Gasteiger partial charge in [-0.05, 0) is 37.0 Å². The topological polar surface area (TPSA) is 0 Å². The molecular formula is C11H21Cl. The summed E-state index contributed by atoms with van der Waals surface area (Å²) in [5, 5.41) is 0.479. The van der Waals surface area contributed by atoms with Gasteiger partial charge in [0.15, 0.2) is 0 Å². The van der Waals surface area contributed by atoms with E-state index in [1.807, 2.05) is 0 Å². The Morgan fingerprint density at radius 1 is 1.33 bits per heavy atom. The van der Waals surface area contributed by atoms with Crippen molar-refractivity contribution < 1.29 is 0 Å². The highest BCUT2D eigenvalue weighted by Gasteiger charge is 2.29. The molecule has 0 bridgehead atoms. The molecule has 1 aliphatic carbocycles. The molecule has 1 unspecified atom stereocenters. The minimum atomic E-state index is 0.479. The van der Waals surface area contributed by atoms with Crippen LogP contribution in [0.3, 0.4) is 0 Å². The third-order valence-corrected chi connectivity index (χ3v) is 3.11. The molecule has 0 aromatic heterocycles. The van der Waals surface area contributed by atoms with Gasteiger partial charge in [0.1, 0.15) is 0 Å². The third kappa shape index (κ3) is 4.35. The molecule has 0 aromatic rings. The van der Waals surface area contributed by atoms with E-state index in [1.54, 1.807) is 0 Å². The highest BCUT2D eigenvalue weighted by molar-refractivity contribution is 6.20. The molecule has 1 heteroatoms. The van der Waals surface area contributed by atoms with Crippen molar-refractivity contribution in [2.45, 2.75) is 58.3 Å². The molecule has 0 radical (unpaired) electrons. The minimum Gasteiger partial charge on any atom is -0.123 e. The lowest BCUT2D eigenvalue weighted by atomic mass is 9.89. The first-order chi connectivity index (χ1) is 5.49. The molecule has 72 valence electrons. The van der Waals surface area contributed by atoms with E-state index in [9.17, 15) is 0 Å². The molecule has 0 spiro atoms. The van der Waals surface area contributed by atoms with E-state index in [1.165, 1.54) is 32.1 Å². The van der Waals surface area contributed by atoms with Gasteiger partial charge in [-0.15, -0.1) is 11.6 Å². The second-order valence-electron chi connectivity index (χ2n) is 5.31. The van der Waals surface area contributed by atoms with Crippen molar-refractivity contribution in [1.29, 1.82) is 0 Å². The Bertz CT molecular complexity index is 130. The normalized spacial score (nSPS) is 21.0. The first-order valence-electron chi connectivity index (χ1n) is 5.13. The maximum atomic E-state index is 6.21. The summed E-state index contributed by atoms with van der Waals surface area (Å²) in [6.45, 7) is 6.90.